The maximum Gasteiger partial charge on any atom is 0.307 e. The normalized spacial score (nSPS) is 9.76. The van der Waals surface area contributed by atoms with E-state index in [4.69, 9.17) is 4.74 Å². The Hall–Kier alpha value is -1.84. The summed E-state index contributed by atoms with van der Waals surface area (Å²) in [5.74, 6) is -0.191. The highest BCUT2D eigenvalue weighted by molar-refractivity contribution is 5.75. The van der Waals surface area contributed by atoms with E-state index in [2.05, 4.69) is 0 Å². The molecule has 0 bridgehead atoms. The Kier molecular flexibility index (Phi) is 5.20. The Morgan fingerprint density at radius 1 is 1.35 bits per heavy atom. The highest BCUT2D eigenvalue weighted by Crippen LogP contribution is 2.13. The van der Waals surface area contributed by atoms with Crippen molar-refractivity contribution in [3.8, 4) is 0 Å². The maximum atomic E-state index is 11.2. The van der Waals surface area contributed by atoms with Crippen LogP contribution in [0.1, 0.15) is 23.7 Å². The van der Waals surface area contributed by atoms with Crippen LogP contribution in [0.25, 0.3) is 0 Å². The quantitative estimate of drug-likeness (QED) is 0.558. The molecule has 0 N–H and O–H groups in total. The zero-order valence-electron chi connectivity index (χ0n) is 10.2. The first-order valence-corrected chi connectivity index (χ1v) is 5.59. The molecule has 0 aliphatic heterocycles. The molecule has 17 heavy (non-hydrogen) atoms. The first-order valence-electron chi connectivity index (χ1n) is 5.59. The zero-order valence-corrected chi connectivity index (χ0v) is 10.2. The van der Waals surface area contributed by atoms with Crippen LogP contribution in [0.3, 0.4) is 0 Å². The molecule has 0 spiro atoms. The van der Waals surface area contributed by atoms with E-state index in [0.29, 0.717) is 25.1 Å². The van der Waals surface area contributed by atoms with Crippen molar-refractivity contribution in [3.05, 3.63) is 29.8 Å². The fourth-order valence-corrected chi connectivity index (χ4v) is 1.43. The van der Waals surface area contributed by atoms with E-state index in [-0.39, 0.29) is 5.97 Å². The molecule has 0 saturated heterocycles. The third-order valence-corrected chi connectivity index (χ3v) is 2.43. The molecule has 1 rings (SSSR count). The lowest BCUT2D eigenvalue weighted by Crippen LogP contribution is -2.21. The van der Waals surface area contributed by atoms with E-state index in [1.54, 1.807) is 19.1 Å². The number of benzene rings is 1. The van der Waals surface area contributed by atoms with Crippen LogP contribution in [-0.2, 0) is 9.53 Å². The Bertz CT molecular complexity index is 373. The molecule has 0 fully saturated rings. The number of hydrogen-bond donors (Lipinski definition) is 0. The number of carbonyl (C=O) groups is 2. The highest BCUT2D eigenvalue weighted by atomic mass is 16.5. The lowest BCUT2D eigenvalue weighted by Gasteiger charge is -2.18. The summed E-state index contributed by atoms with van der Waals surface area (Å²) in [5, 5.41) is 0. The number of esters is 1. The van der Waals surface area contributed by atoms with Crippen LogP contribution in [0.4, 0.5) is 5.69 Å². The standard InChI is InChI=1S/C13H17NO3/c1-3-17-13(16)8-9-14(2)12-6-4-11(10-15)5-7-12/h4-7,10H,3,8-9H2,1-2H3. The van der Waals surface area contributed by atoms with Gasteiger partial charge in [-0.05, 0) is 31.2 Å². The van der Waals surface area contributed by atoms with E-state index in [1.807, 2.05) is 24.1 Å². The number of carbonyl (C=O) groups excluding carboxylic acids is 2. The first kappa shape index (κ1) is 13.2. The molecule has 4 heteroatoms. The Morgan fingerprint density at radius 3 is 2.53 bits per heavy atom. The summed E-state index contributed by atoms with van der Waals surface area (Å²) in [7, 11) is 1.90. The third-order valence-electron chi connectivity index (χ3n) is 2.43. The number of rotatable bonds is 6. The molecule has 0 saturated carbocycles. The summed E-state index contributed by atoms with van der Waals surface area (Å²) in [6.45, 7) is 2.80. The van der Waals surface area contributed by atoms with Gasteiger partial charge in [-0.2, -0.15) is 0 Å². The molecule has 0 heterocycles. The van der Waals surface area contributed by atoms with Crippen molar-refractivity contribution < 1.29 is 14.3 Å². The van der Waals surface area contributed by atoms with Crippen LogP contribution >= 0.6 is 0 Å². The fourth-order valence-electron chi connectivity index (χ4n) is 1.43. The van der Waals surface area contributed by atoms with Gasteiger partial charge in [-0.1, -0.05) is 0 Å². The maximum absolute atomic E-state index is 11.2. The molecule has 1 aromatic carbocycles. The largest absolute Gasteiger partial charge is 0.466 e. The summed E-state index contributed by atoms with van der Waals surface area (Å²) in [5.41, 5.74) is 1.62. The second-order valence-electron chi connectivity index (χ2n) is 3.69. The SMILES string of the molecule is CCOC(=O)CCN(C)c1ccc(C=O)cc1. The molecule has 92 valence electrons. The predicted octanol–water partition coefficient (Wildman–Crippen LogP) is 1.89. The number of hydrogen-bond acceptors (Lipinski definition) is 4. The monoisotopic (exact) mass is 235 g/mol. The van der Waals surface area contributed by atoms with Crippen molar-refractivity contribution >= 4 is 17.9 Å². The second-order valence-corrected chi connectivity index (χ2v) is 3.69. The van der Waals surface area contributed by atoms with Crippen LogP contribution in [-0.4, -0.2) is 32.5 Å². The van der Waals surface area contributed by atoms with E-state index < -0.39 is 0 Å². The average Bonchev–Trinajstić information content (AvgIpc) is 2.36. The zero-order chi connectivity index (χ0) is 12.7. The third kappa shape index (κ3) is 4.26. The van der Waals surface area contributed by atoms with Gasteiger partial charge in [0, 0.05) is 24.8 Å². The number of aldehydes is 1. The smallest absolute Gasteiger partial charge is 0.307 e. The van der Waals surface area contributed by atoms with Crippen LogP contribution in [0.5, 0.6) is 0 Å². The topological polar surface area (TPSA) is 46.6 Å². The van der Waals surface area contributed by atoms with Crippen LogP contribution in [0, 0.1) is 0 Å². The molecule has 0 radical (unpaired) electrons. The van der Waals surface area contributed by atoms with Gasteiger partial charge in [-0.3, -0.25) is 9.59 Å². The van der Waals surface area contributed by atoms with Gasteiger partial charge >= 0.3 is 5.97 Å². The molecule has 0 unspecified atom stereocenters. The van der Waals surface area contributed by atoms with Crippen LogP contribution < -0.4 is 4.90 Å². The lowest BCUT2D eigenvalue weighted by molar-refractivity contribution is -0.142. The van der Waals surface area contributed by atoms with Crippen molar-refractivity contribution in [1.82, 2.24) is 0 Å². The van der Waals surface area contributed by atoms with Gasteiger partial charge in [0.1, 0.15) is 6.29 Å². The van der Waals surface area contributed by atoms with Crippen molar-refractivity contribution in [1.29, 1.82) is 0 Å². The minimum Gasteiger partial charge on any atom is -0.466 e. The molecule has 1 aromatic rings. The summed E-state index contributed by atoms with van der Waals surface area (Å²) in [6.07, 6.45) is 1.17. The van der Waals surface area contributed by atoms with Gasteiger partial charge in [0.25, 0.3) is 0 Å². The van der Waals surface area contributed by atoms with Gasteiger partial charge in [-0.25, -0.2) is 0 Å². The molecular formula is C13H17NO3. The number of ether oxygens (including phenoxy) is 1. The molecular weight excluding hydrogens is 218 g/mol. The molecule has 0 aliphatic carbocycles. The van der Waals surface area contributed by atoms with Crippen LogP contribution in [0.15, 0.2) is 24.3 Å². The van der Waals surface area contributed by atoms with Crippen molar-refractivity contribution in [3.63, 3.8) is 0 Å². The molecule has 0 atom stereocenters. The Labute approximate surface area is 101 Å². The van der Waals surface area contributed by atoms with Crippen molar-refractivity contribution in [2.45, 2.75) is 13.3 Å². The second kappa shape index (κ2) is 6.68. The van der Waals surface area contributed by atoms with E-state index in [9.17, 15) is 9.59 Å². The van der Waals surface area contributed by atoms with Crippen LogP contribution in [0.2, 0.25) is 0 Å². The van der Waals surface area contributed by atoms with Gasteiger partial charge < -0.3 is 9.64 Å². The number of nitrogens with zero attached hydrogens (tertiary/aromatic N) is 1. The molecule has 0 aromatic heterocycles. The van der Waals surface area contributed by atoms with Gasteiger partial charge in [-0.15, -0.1) is 0 Å². The van der Waals surface area contributed by atoms with E-state index >= 15 is 0 Å². The summed E-state index contributed by atoms with van der Waals surface area (Å²) in [4.78, 5) is 23.6. The minimum absolute atomic E-state index is 0.191. The molecule has 0 aliphatic rings. The fraction of sp³-hybridized carbons (Fsp3) is 0.385. The minimum atomic E-state index is -0.191. The molecule has 4 nitrogen and oxygen atoms in total. The van der Waals surface area contributed by atoms with Crippen molar-refractivity contribution in [2.24, 2.45) is 0 Å². The summed E-state index contributed by atoms with van der Waals surface area (Å²) >= 11 is 0. The van der Waals surface area contributed by atoms with Gasteiger partial charge in [0.15, 0.2) is 0 Å². The lowest BCUT2D eigenvalue weighted by atomic mass is 10.2. The van der Waals surface area contributed by atoms with Crippen molar-refractivity contribution in [2.75, 3.05) is 25.1 Å². The van der Waals surface area contributed by atoms with Gasteiger partial charge in [0.2, 0.25) is 0 Å². The predicted molar refractivity (Wildman–Crippen MR) is 66.3 cm³/mol. The van der Waals surface area contributed by atoms with E-state index in [0.717, 1.165) is 12.0 Å². The van der Waals surface area contributed by atoms with Gasteiger partial charge in [0.05, 0.1) is 13.0 Å². The summed E-state index contributed by atoms with van der Waals surface area (Å²) in [6, 6.07) is 7.22. The number of anilines is 1. The molecule has 0 amide bonds. The first-order chi connectivity index (χ1) is 8.17. The summed E-state index contributed by atoms with van der Waals surface area (Å²) < 4.78 is 4.85. The Morgan fingerprint density at radius 2 is 2.00 bits per heavy atom. The Balaban J connectivity index is 2.48. The average molecular weight is 235 g/mol. The van der Waals surface area contributed by atoms with E-state index in [1.165, 1.54) is 0 Å². The highest BCUT2D eigenvalue weighted by Gasteiger charge is 2.05.